The molecule has 2 heterocycles. The zero-order valence-corrected chi connectivity index (χ0v) is 29.9. The van der Waals surface area contributed by atoms with Crippen LogP contribution in [0, 0.1) is 18.8 Å². The first-order chi connectivity index (χ1) is 22.8. The van der Waals surface area contributed by atoms with Crippen LogP contribution in [0.5, 0.6) is 0 Å². The Bertz CT molecular complexity index is 1570. The van der Waals surface area contributed by atoms with Crippen molar-refractivity contribution in [2.75, 3.05) is 39.9 Å². The molecule has 1 saturated carbocycles. The summed E-state index contributed by atoms with van der Waals surface area (Å²) in [5.41, 5.74) is 3.26. The van der Waals surface area contributed by atoms with E-state index in [0.717, 1.165) is 42.3 Å². The number of aryl methyl sites for hydroxylation is 2. The molecular weight excluding hydrogens is 604 g/mol. The lowest BCUT2D eigenvalue weighted by Crippen LogP contribution is -2.45. The molecule has 0 N–H and O–H groups in total. The van der Waals surface area contributed by atoms with Gasteiger partial charge in [0.2, 0.25) is 5.91 Å². The Balaban J connectivity index is 1.38. The summed E-state index contributed by atoms with van der Waals surface area (Å²) in [4.78, 5) is 47.0. The minimum atomic E-state index is -0.617. The van der Waals surface area contributed by atoms with Crippen molar-refractivity contribution in [1.82, 2.24) is 19.3 Å². The molecular formula is C39H54N4O5. The number of carbonyl (C=O) groups excluding carboxylic acids is 3. The molecule has 1 aliphatic heterocycles. The number of rotatable bonds is 13. The van der Waals surface area contributed by atoms with Gasteiger partial charge in [0.1, 0.15) is 5.60 Å². The lowest BCUT2D eigenvalue weighted by Gasteiger charge is -2.33. The van der Waals surface area contributed by atoms with Crippen LogP contribution in [-0.2, 0) is 27.2 Å². The Morgan fingerprint density at radius 2 is 1.67 bits per heavy atom. The zero-order valence-electron chi connectivity index (χ0n) is 29.9. The fourth-order valence-electron chi connectivity index (χ4n) is 6.91. The summed E-state index contributed by atoms with van der Waals surface area (Å²) in [5, 5.41) is 1.14. The number of carbonyl (C=O) groups is 3. The fraction of sp³-hybridized carbons (Fsp3) is 0.564. The number of methoxy groups -OCH3 is 1. The molecule has 9 nitrogen and oxygen atoms in total. The van der Waals surface area contributed by atoms with Gasteiger partial charge in [-0.25, -0.2) is 4.79 Å². The van der Waals surface area contributed by atoms with Gasteiger partial charge in [-0.1, -0.05) is 36.4 Å². The molecule has 0 radical (unpaired) electrons. The van der Waals surface area contributed by atoms with Crippen molar-refractivity contribution in [3.05, 3.63) is 71.4 Å². The quantitative estimate of drug-likeness (QED) is 0.195. The van der Waals surface area contributed by atoms with E-state index in [4.69, 9.17) is 9.47 Å². The fourth-order valence-corrected chi connectivity index (χ4v) is 6.91. The van der Waals surface area contributed by atoms with Crippen LogP contribution in [0.2, 0.25) is 0 Å². The van der Waals surface area contributed by atoms with Gasteiger partial charge in [-0.2, -0.15) is 0 Å². The molecule has 2 aromatic carbocycles. The van der Waals surface area contributed by atoms with Gasteiger partial charge in [0, 0.05) is 93.0 Å². The normalized spacial score (nSPS) is 18.0. The summed E-state index contributed by atoms with van der Waals surface area (Å²) in [6.07, 6.45) is 5.04. The first kappa shape index (κ1) is 35.5. The highest BCUT2D eigenvalue weighted by atomic mass is 16.6. The summed E-state index contributed by atoms with van der Waals surface area (Å²) in [7, 11) is 1.71. The highest BCUT2D eigenvalue weighted by Gasteiger charge is 2.42. The number of aromatic nitrogens is 1. The standard InChI is InChI=1S/C39H54N4O5/c1-27(2)42(37(45)30-14-17-34-28(3)22-40(35(34)21-30)18-11-19-47-7)25-31-23-41(38(46)48-39(4,5)6)24-32(31)26-43(33-15-16-33)36(44)20-29-12-9-8-10-13-29/h8-10,12-14,17,21-22,27,31-33H,11,15-16,18-20,23-26H2,1-7H3/t31-,32-/m0/s1. The largest absolute Gasteiger partial charge is 0.444 e. The molecule has 48 heavy (non-hydrogen) atoms. The second-order valence-corrected chi connectivity index (χ2v) is 15.0. The van der Waals surface area contributed by atoms with Gasteiger partial charge in [-0.15, -0.1) is 0 Å². The van der Waals surface area contributed by atoms with Crippen molar-refractivity contribution in [3.63, 3.8) is 0 Å². The van der Waals surface area contributed by atoms with Crippen molar-refractivity contribution in [2.45, 2.75) is 91.5 Å². The van der Waals surface area contributed by atoms with Gasteiger partial charge < -0.3 is 28.7 Å². The maximum absolute atomic E-state index is 14.3. The number of nitrogens with zero attached hydrogens (tertiary/aromatic N) is 4. The molecule has 0 bridgehead atoms. The molecule has 1 aliphatic carbocycles. The molecule has 3 amide bonds. The van der Waals surface area contributed by atoms with E-state index in [0.29, 0.717) is 44.8 Å². The van der Waals surface area contributed by atoms with Crippen LogP contribution in [0.1, 0.15) is 75.4 Å². The van der Waals surface area contributed by atoms with Gasteiger partial charge in [-0.3, -0.25) is 9.59 Å². The Labute approximate surface area is 286 Å². The van der Waals surface area contributed by atoms with Crippen molar-refractivity contribution in [2.24, 2.45) is 11.8 Å². The third-order valence-corrected chi connectivity index (χ3v) is 9.56. The molecule has 5 rings (SSSR count). The van der Waals surface area contributed by atoms with E-state index in [2.05, 4.69) is 23.8 Å². The molecule has 260 valence electrons. The van der Waals surface area contributed by atoms with Gasteiger partial charge in [0.15, 0.2) is 0 Å². The van der Waals surface area contributed by atoms with E-state index >= 15 is 0 Å². The van der Waals surface area contributed by atoms with E-state index in [-0.39, 0.29) is 41.8 Å². The van der Waals surface area contributed by atoms with Crippen LogP contribution in [0.15, 0.2) is 54.7 Å². The number of hydrogen-bond donors (Lipinski definition) is 0. The average Bonchev–Trinajstić information content (AvgIpc) is 3.72. The predicted octanol–water partition coefficient (Wildman–Crippen LogP) is 6.55. The molecule has 1 aromatic heterocycles. The number of fused-ring (bicyclic) bond motifs is 1. The number of hydrogen-bond acceptors (Lipinski definition) is 5. The number of likely N-dealkylation sites (tertiary alicyclic amines) is 1. The van der Waals surface area contributed by atoms with E-state index in [9.17, 15) is 14.4 Å². The van der Waals surface area contributed by atoms with Crippen molar-refractivity contribution < 1.29 is 23.9 Å². The van der Waals surface area contributed by atoms with Crippen LogP contribution >= 0.6 is 0 Å². The third kappa shape index (κ3) is 8.78. The number of benzene rings is 2. The van der Waals surface area contributed by atoms with E-state index in [1.165, 1.54) is 5.56 Å². The summed E-state index contributed by atoms with van der Waals surface area (Å²) in [5.74, 6) is 0.0866. The van der Waals surface area contributed by atoms with E-state index in [1.807, 2.05) is 86.9 Å². The van der Waals surface area contributed by atoms with Gasteiger partial charge in [-0.05, 0) is 84.1 Å². The Morgan fingerprint density at radius 1 is 0.979 bits per heavy atom. The summed E-state index contributed by atoms with van der Waals surface area (Å²) < 4.78 is 13.3. The molecule has 2 fully saturated rings. The second kappa shape index (κ2) is 15.1. The van der Waals surface area contributed by atoms with Crippen LogP contribution < -0.4 is 0 Å². The van der Waals surface area contributed by atoms with Crippen molar-refractivity contribution in [1.29, 1.82) is 0 Å². The lowest BCUT2D eigenvalue weighted by atomic mass is 9.93. The predicted molar refractivity (Wildman–Crippen MR) is 189 cm³/mol. The highest BCUT2D eigenvalue weighted by molar-refractivity contribution is 5.99. The zero-order chi connectivity index (χ0) is 34.6. The first-order valence-corrected chi connectivity index (χ1v) is 17.5. The second-order valence-electron chi connectivity index (χ2n) is 15.0. The number of amides is 3. The van der Waals surface area contributed by atoms with Crippen molar-refractivity contribution >= 4 is 28.8 Å². The Kier molecular flexibility index (Phi) is 11.2. The SMILES string of the molecule is COCCCn1cc(C)c2ccc(C(=O)N(C[C@@H]3CN(C(=O)OC(C)(C)C)C[C@H]3CN(C(=O)Cc3ccccc3)C3CC3)C(C)C)cc21. The van der Waals surface area contributed by atoms with E-state index in [1.54, 1.807) is 12.0 Å². The topological polar surface area (TPSA) is 84.3 Å². The maximum atomic E-state index is 14.3. The molecule has 3 aromatic rings. The summed E-state index contributed by atoms with van der Waals surface area (Å²) in [6.45, 7) is 15.3. The van der Waals surface area contributed by atoms with Crippen LogP contribution in [0.4, 0.5) is 4.79 Å². The number of ether oxygens (including phenoxy) is 2. The van der Waals surface area contributed by atoms with E-state index < -0.39 is 5.60 Å². The van der Waals surface area contributed by atoms with Gasteiger partial charge >= 0.3 is 6.09 Å². The lowest BCUT2D eigenvalue weighted by molar-refractivity contribution is -0.131. The minimum absolute atomic E-state index is 0.00929. The Morgan fingerprint density at radius 3 is 2.29 bits per heavy atom. The smallest absolute Gasteiger partial charge is 0.410 e. The average molecular weight is 659 g/mol. The third-order valence-electron chi connectivity index (χ3n) is 9.56. The molecule has 1 saturated heterocycles. The van der Waals surface area contributed by atoms with Crippen molar-refractivity contribution in [3.8, 4) is 0 Å². The minimum Gasteiger partial charge on any atom is -0.444 e. The van der Waals surface area contributed by atoms with Crippen LogP contribution in [-0.4, -0.2) is 94.8 Å². The van der Waals surface area contributed by atoms with Gasteiger partial charge in [0.25, 0.3) is 5.91 Å². The first-order valence-electron chi connectivity index (χ1n) is 17.5. The van der Waals surface area contributed by atoms with Gasteiger partial charge in [0.05, 0.1) is 6.42 Å². The molecule has 2 atom stereocenters. The summed E-state index contributed by atoms with van der Waals surface area (Å²) >= 11 is 0. The Hall–Kier alpha value is -3.85. The summed E-state index contributed by atoms with van der Waals surface area (Å²) in [6, 6.07) is 16.1. The molecule has 2 aliphatic rings. The van der Waals surface area contributed by atoms with Crippen LogP contribution in [0.25, 0.3) is 10.9 Å². The molecule has 0 unspecified atom stereocenters. The molecule has 9 heteroatoms. The maximum Gasteiger partial charge on any atom is 0.410 e. The van der Waals surface area contributed by atoms with Crippen LogP contribution in [0.3, 0.4) is 0 Å². The highest BCUT2D eigenvalue weighted by Crippen LogP contribution is 2.34. The monoisotopic (exact) mass is 658 g/mol. The molecule has 0 spiro atoms.